The molecule has 2 atom stereocenters. The maximum absolute atomic E-state index is 12.7. The van der Waals surface area contributed by atoms with Gasteiger partial charge in [-0.25, -0.2) is 0 Å². The van der Waals surface area contributed by atoms with Gasteiger partial charge in [0.05, 0.1) is 6.10 Å². The van der Waals surface area contributed by atoms with Gasteiger partial charge in [-0.1, -0.05) is 30.3 Å². The third-order valence-electron chi connectivity index (χ3n) is 2.08. The van der Waals surface area contributed by atoms with Crippen molar-refractivity contribution in [1.82, 2.24) is 5.32 Å². The summed E-state index contributed by atoms with van der Waals surface area (Å²) in [6, 6.07) is 5.85. The second-order valence-corrected chi connectivity index (χ2v) is 3.64. The van der Waals surface area contributed by atoms with Crippen molar-refractivity contribution in [3.63, 3.8) is 0 Å². The molecule has 0 spiro atoms. The normalized spacial score (nSPS) is 15.8. The Kier molecular flexibility index (Phi) is 4.32. The summed E-state index contributed by atoms with van der Waals surface area (Å²) in [7, 11) is 0. The van der Waals surface area contributed by atoms with Gasteiger partial charge >= 0.3 is 6.18 Å². The van der Waals surface area contributed by atoms with Crippen LogP contribution in [-0.2, 0) is 0 Å². The first-order valence-corrected chi connectivity index (χ1v) is 4.94. The van der Waals surface area contributed by atoms with Crippen LogP contribution in [0.25, 0.3) is 0 Å². The first-order chi connectivity index (χ1) is 7.41. The molecule has 0 fully saturated rings. The van der Waals surface area contributed by atoms with Gasteiger partial charge in [-0.3, -0.25) is 5.32 Å². The highest BCUT2D eigenvalue weighted by Gasteiger charge is 2.40. The maximum atomic E-state index is 12.7. The molecule has 0 aliphatic heterocycles. The van der Waals surface area contributed by atoms with Crippen LogP contribution in [0.15, 0.2) is 30.3 Å². The Hall–Kier alpha value is -1.07. The fraction of sp³-hybridized carbons (Fsp3) is 0.455. The highest BCUT2D eigenvalue weighted by Crippen LogP contribution is 2.32. The lowest BCUT2D eigenvalue weighted by atomic mass is 10.1. The maximum Gasteiger partial charge on any atom is 0.407 e. The van der Waals surface area contributed by atoms with E-state index in [1.165, 1.54) is 19.1 Å². The van der Waals surface area contributed by atoms with Crippen LogP contribution in [0.2, 0.25) is 0 Å². The molecule has 0 aliphatic rings. The van der Waals surface area contributed by atoms with E-state index >= 15 is 0 Å². The van der Waals surface area contributed by atoms with Crippen LogP contribution in [0.5, 0.6) is 0 Å². The Morgan fingerprint density at radius 2 is 1.81 bits per heavy atom. The molecule has 2 N–H and O–H groups in total. The lowest BCUT2D eigenvalue weighted by Crippen LogP contribution is -2.37. The van der Waals surface area contributed by atoms with Crippen molar-refractivity contribution in [1.29, 1.82) is 0 Å². The van der Waals surface area contributed by atoms with Crippen LogP contribution >= 0.6 is 0 Å². The molecule has 0 radical (unpaired) electrons. The molecular weight excluding hydrogens is 219 g/mol. The molecule has 0 saturated heterocycles. The zero-order valence-corrected chi connectivity index (χ0v) is 8.83. The molecular formula is C11H14F3NO. The van der Waals surface area contributed by atoms with Crippen LogP contribution < -0.4 is 5.32 Å². The molecule has 1 rings (SSSR count). The number of hydrogen-bond acceptors (Lipinski definition) is 2. The van der Waals surface area contributed by atoms with Gasteiger partial charge in [-0.2, -0.15) is 13.2 Å². The number of benzene rings is 1. The standard InChI is InChI=1S/C11H14F3NO/c1-8(16)7-15-10(11(12,13)14)9-5-3-2-4-6-9/h2-6,8,10,15-16H,7H2,1H3. The van der Waals surface area contributed by atoms with Gasteiger partial charge in [0.25, 0.3) is 0 Å². The average Bonchev–Trinajstić information content (AvgIpc) is 2.17. The number of nitrogens with one attached hydrogen (secondary N) is 1. The molecule has 0 aliphatic carbocycles. The number of rotatable bonds is 4. The Balaban J connectivity index is 2.81. The molecule has 1 aromatic rings. The molecule has 0 heterocycles. The van der Waals surface area contributed by atoms with Crippen molar-refractivity contribution >= 4 is 0 Å². The molecule has 5 heteroatoms. The quantitative estimate of drug-likeness (QED) is 0.836. The van der Waals surface area contributed by atoms with Gasteiger partial charge in [-0.15, -0.1) is 0 Å². The molecule has 1 aromatic carbocycles. The van der Waals surface area contributed by atoms with Gasteiger partial charge in [0.15, 0.2) is 0 Å². The van der Waals surface area contributed by atoms with Crippen molar-refractivity contribution in [2.45, 2.75) is 25.2 Å². The van der Waals surface area contributed by atoms with Crippen LogP contribution in [-0.4, -0.2) is 23.9 Å². The van der Waals surface area contributed by atoms with Crippen LogP contribution in [0, 0.1) is 0 Å². The van der Waals surface area contributed by atoms with Crippen LogP contribution in [0.4, 0.5) is 13.2 Å². The van der Waals surface area contributed by atoms with Crippen molar-refractivity contribution in [2.75, 3.05) is 6.54 Å². The number of aliphatic hydroxyl groups excluding tert-OH is 1. The van der Waals surface area contributed by atoms with Crippen LogP contribution in [0.3, 0.4) is 0 Å². The predicted molar refractivity (Wildman–Crippen MR) is 54.9 cm³/mol. The average molecular weight is 233 g/mol. The van der Waals surface area contributed by atoms with Crippen molar-refractivity contribution in [2.24, 2.45) is 0 Å². The van der Waals surface area contributed by atoms with Crippen molar-refractivity contribution in [3.05, 3.63) is 35.9 Å². The largest absolute Gasteiger partial charge is 0.407 e. The first-order valence-electron chi connectivity index (χ1n) is 4.94. The number of halogens is 3. The summed E-state index contributed by atoms with van der Waals surface area (Å²) in [5, 5.41) is 11.3. The first kappa shape index (κ1) is 13.0. The molecule has 90 valence electrons. The Labute approximate surface area is 92.1 Å². The van der Waals surface area contributed by atoms with Gasteiger partial charge in [-0.05, 0) is 12.5 Å². The second-order valence-electron chi connectivity index (χ2n) is 3.64. The number of alkyl halides is 3. The summed E-state index contributed by atoms with van der Waals surface area (Å²) in [4.78, 5) is 0. The lowest BCUT2D eigenvalue weighted by molar-refractivity contribution is -0.158. The zero-order valence-electron chi connectivity index (χ0n) is 8.83. The molecule has 2 unspecified atom stereocenters. The molecule has 0 aromatic heterocycles. The van der Waals surface area contributed by atoms with E-state index in [1.807, 2.05) is 0 Å². The fourth-order valence-corrected chi connectivity index (χ4v) is 1.36. The molecule has 2 nitrogen and oxygen atoms in total. The summed E-state index contributed by atoms with van der Waals surface area (Å²) < 4.78 is 38.1. The zero-order chi connectivity index (χ0) is 12.2. The van der Waals surface area contributed by atoms with E-state index in [9.17, 15) is 13.2 Å². The van der Waals surface area contributed by atoms with Crippen molar-refractivity contribution < 1.29 is 18.3 Å². The minimum Gasteiger partial charge on any atom is -0.392 e. The van der Waals surface area contributed by atoms with E-state index < -0.39 is 18.3 Å². The van der Waals surface area contributed by atoms with E-state index in [1.54, 1.807) is 18.2 Å². The van der Waals surface area contributed by atoms with E-state index in [0.29, 0.717) is 0 Å². The third kappa shape index (κ3) is 3.83. The molecule has 0 amide bonds. The summed E-state index contributed by atoms with van der Waals surface area (Å²) in [6.07, 6.45) is -5.18. The number of aliphatic hydroxyl groups is 1. The summed E-state index contributed by atoms with van der Waals surface area (Å²) in [6.45, 7) is 1.34. The fourth-order valence-electron chi connectivity index (χ4n) is 1.36. The minimum atomic E-state index is -4.36. The highest BCUT2D eigenvalue weighted by atomic mass is 19.4. The summed E-state index contributed by atoms with van der Waals surface area (Å²) >= 11 is 0. The SMILES string of the molecule is CC(O)CNC(c1ccccc1)C(F)(F)F. The Morgan fingerprint density at radius 3 is 2.25 bits per heavy atom. The monoisotopic (exact) mass is 233 g/mol. The molecule has 16 heavy (non-hydrogen) atoms. The summed E-state index contributed by atoms with van der Waals surface area (Å²) in [5.41, 5.74) is 0.149. The van der Waals surface area contributed by atoms with Crippen molar-refractivity contribution in [3.8, 4) is 0 Å². The van der Waals surface area contributed by atoms with Crippen LogP contribution in [0.1, 0.15) is 18.5 Å². The second kappa shape index (κ2) is 5.32. The highest BCUT2D eigenvalue weighted by molar-refractivity contribution is 5.20. The smallest absolute Gasteiger partial charge is 0.392 e. The topological polar surface area (TPSA) is 32.3 Å². The molecule has 0 saturated carbocycles. The Morgan fingerprint density at radius 1 is 1.25 bits per heavy atom. The van der Waals surface area contributed by atoms with E-state index in [4.69, 9.17) is 5.11 Å². The number of hydrogen-bond donors (Lipinski definition) is 2. The third-order valence-corrected chi connectivity index (χ3v) is 2.08. The summed E-state index contributed by atoms with van der Waals surface area (Å²) in [5.74, 6) is 0. The van der Waals surface area contributed by atoms with Gasteiger partial charge in [0, 0.05) is 6.54 Å². The van der Waals surface area contributed by atoms with Gasteiger partial charge in [0.1, 0.15) is 6.04 Å². The van der Waals surface area contributed by atoms with E-state index in [2.05, 4.69) is 5.32 Å². The minimum absolute atomic E-state index is 0.0981. The van der Waals surface area contributed by atoms with E-state index in [-0.39, 0.29) is 12.1 Å². The lowest BCUT2D eigenvalue weighted by Gasteiger charge is -2.22. The molecule has 0 bridgehead atoms. The predicted octanol–water partition coefficient (Wildman–Crippen LogP) is 2.26. The Bertz CT molecular complexity index is 311. The van der Waals surface area contributed by atoms with Gasteiger partial charge in [0.2, 0.25) is 0 Å². The van der Waals surface area contributed by atoms with Gasteiger partial charge < -0.3 is 5.11 Å². The van der Waals surface area contributed by atoms with E-state index in [0.717, 1.165) is 0 Å².